The molecule has 0 aromatic heterocycles. The van der Waals surface area contributed by atoms with E-state index in [0.29, 0.717) is 6.54 Å². The summed E-state index contributed by atoms with van der Waals surface area (Å²) < 4.78 is 5.15. The van der Waals surface area contributed by atoms with Gasteiger partial charge in [0.25, 0.3) is 0 Å². The highest BCUT2D eigenvalue weighted by atomic mass is 16.5. The summed E-state index contributed by atoms with van der Waals surface area (Å²) in [5, 5.41) is 0. The number of methoxy groups -OCH3 is 1. The van der Waals surface area contributed by atoms with Gasteiger partial charge in [0.05, 0.1) is 7.11 Å². The predicted octanol–water partition coefficient (Wildman–Crippen LogP) is 3.80. The SMILES string of the molecule is COc1ccc(CCN(C)C(=O)/C(C)=C/c2ccccc2)cc1. The maximum atomic E-state index is 12.4. The largest absolute Gasteiger partial charge is 0.497 e. The van der Waals surface area contributed by atoms with Crippen LogP contribution in [0.1, 0.15) is 18.1 Å². The molecule has 0 fully saturated rings. The van der Waals surface area contributed by atoms with E-state index in [1.807, 2.05) is 74.6 Å². The molecule has 120 valence electrons. The lowest BCUT2D eigenvalue weighted by molar-refractivity contribution is -0.125. The topological polar surface area (TPSA) is 29.5 Å². The molecule has 23 heavy (non-hydrogen) atoms. The van der Waals surface area contributed by atoms with Crippen molar-refractivity contribution in [2.24, 2.45) is 0 Å². The number of benzene rings is 2. The lowest BCUT2D eigenvalue weighted by atomic mass is 10.1. The van der Waals surface area contributed by atoms with Gasteiger partial charge in [-0.15, -0.1) is 0 Å². The summed E-state index contributed by atoms with van der Waals surface area (Å²) in [6.45, 7) is 2.55. The molecule has 0 N–H and O–H groups in total. The van der Waals surface area contributed by atoms with Crippen LogP contribution >= 0.6 is 0 Å². The first-order valence-electron chi connectivity index (χ1n) is 7.72. The average molecular weight is 309 g/mol. The third kappa shape index (κ3) is 4.99. The Labute approximate surface area is 138 Å². The van der Waals surface area contributed by atoms with Crippen LogP contribution in [0.5, 0.6) is 5.75 Å². The van der Waals surface area contributed by atoms with E-state index in [4.69, 9.17) is 4.74 Å². The number of rotatable bonds is 6. The molecule has 0 spiro atoms. The van der Waals surface area contributed by atoms with E-state index in [9.17, 15) is 4.79 Å². The van der Waals surface area contributed by atoms with E-state index in [1.54, 1.807) is 12.0 Å². The summed E-state index contributed by atoms with van der Waals surface area (Å²) in [6, 6.07) is 17.8. The summed E-state index contributed by atoms with van der Waals surface area (Å²) in [5.74, 6) is 0.905. The number of hydrogen-bond donors (Lipinski definition) is 0. The highest BCUT2D eigenvalue weighted by Gasteiger charge is 2.10. The first-order chi connectivity index (χ1) is 11.1. The summed E-state index contributed by atoms with van der Waals surface area (Å²) >= 11 is 0. The van der Waals surface area contributed by atoms with Crippen LogP contribution in [-0.2, 0) is 11.2 Å². The molecule has 2 aromatic rings. The van der Waals surface area contributed by atoms with Crippen LogP contribution in [0.4, 0.5) is 0 Å². The monoisotopic (exact) mass is 309 g/mol. The Bertz CT molecular complexity index is 660. The maximum Gasteiger partial charge on any atom is 0.249 e. The number of amides is 1. The van der Waals surface area contributed by atoms with Gasteiger partial charge in [0, 0.05) is 19.2 Å². The molecular formula is C20H23NO2. The smallest absolute Gasteiger partial charge is 0.249 e. The van der Waals surface area contributed by atoms with Crippen LogP contribution in [0.25, 0.3) is 6.08 Å². The minimum atomic E-state index is 0.0577. The fourth-order valence-corrected chi connectivity index (χ4v) is 2.35. The number of carbonyl (C=O) groups excluding carboxylic acids is 1. The van der Waals surface area contributed by atoms with E-state index in [0.717, 1.165) is 23.3 Å². The average Bonchev–Trinajstić information content (AvgIpc) is 2.60. The molecule has 2 aromatic carbocycles. The molecule has 0 heterocycles. The van der Waals surface area contributed by atoms with Crippen molar-refractivity contribution in [3.05, 3.63) is 71.3 Å². The molecule has 2 rings (SSSR count). The lowest BCUT2D eigenvalue weighted by Gasteiger charge is -2.17. The second kappa shape index (κ2) is 8.18. The van der Waals surface area contributed by atoms with Crippen LogP contribution in [0.3, 0.4) is 0 Å². The zero-order valence-corrected chi connectivity index (χ0v) is 14.0. The zero-order valence-electron chi connectivity index (χ0n) is 14.0. The molecule has 0 atom stereocenters. The van der Waals surface area contributed by atoms with Crippen LogP contribution in [0.15, 0.2) is 60.2 Å². The fraction of sp³-hybridized carbons (Fsp3) is 0.250. The Kier molecular flexibility index (Phi) is 5.98. The molecule has 0 saturated heterocycles. The van der Waals surface area contributed by atoms with Gasteiger partial charge in [-0.3, -0.25) is 4.79 Å². The Morgan fingerprint density at radius 2 is 1.74 bits per heavy atom. The molecular weight excluding hydrogens is 286 g/mol. The number of likely N-dealkylation sites (N-methyl/N-ethyl adjacent to an activating group) is 1. The van der Waals surface area contributed by atoms with E-state index in [2.05, 4.69) is 0 Å². The summed E-state index contributed by atoms with van der Waals surface area (Å²) in [6.07, 6.45) is 2.75. The van der Waals surface area contributed by atoms with Gasteiger partial charge in [-0.05, 0) is 42.7 Å². The molecule has 1 amide bonds. The molecule has 3 heteroatoms. The number of hydrogen-bond acceptors (Lipinski definition) is 2. The third-order valence-electron chi connectivity index (χ3n) is 3.76. The normalized spacial score (nSPS) is 11.2. The number of carbonyl (C=O) groups is 1. The Hall–Kier alpha value is -2.55. The third-order valence-corrected chi connectivity index (χ3v) is 3.76. The second-order valence-corrected chi connectivity index (χ2v) is 5.56. The van der Waals surface area contributed by atoms with Gasteiger partial charge < -0.3 is 9.64 Å². The lowest BCUT2D eigenvalue weighted by Crippen LogP contribution is -2.29. The van der Waals surface area contributed by atoms with Gasteiger partial charge in [0.15, 0.2) is 0 Å². The number of nitrogens with zero attached hydrogens (tertiary/aromatic N) is 1. The van der Waals surface area contributed by atoms with Crippen molar-refractivity contribution >= 4 is 12.0 Å². The van der Waals surface area contributed by atoms with E-state index < -0.39 is 0 Å². The van der Waals surface area contributed by atoms with Crippen molar-refractivity contribution < 1.29 is 9.53 Å². The van der Waals surface area contributed by atoms with Crippen molar-refractivity contribution in [1.29, 1.82) is 0 Å². The molecule has 0 aliphatic rings. The minimum Gasteiger partial charge on any atom is -0.497 e. The van der Waals surface area contributed by atoms with Crippen molar-refractivity contribution in [1.82, 2.24) is 4.90 Å². The molecule has 0 aliphatic carbocycles. The predicted molar refractivity (Wildman–Crippen MR) is 94.4 cm³/mol. The Balaban J connectivity index is 1.92. The van der Waals surface area contributed by atoms with Gasteiger partial charge >= 0.3 is 0 Å². The molecule has 0 aliphatic heterocycles. The minimum absolute atomic E-state index is 0.0577. The van der Waals surface area contributed by atoms with Crippen molar-refractivity contribution in [2.75, 3.05) is 20.7 Å². The number of ether oxygens (including phenoxy) is 1. The summed E-state index contributed by atoms with van der Waals surface area (Å²) in [5.41, 5.74) is 2.98. The summed E-state index contributed by atoms with van der Waals surface area (Å²) in [4.78, 5) is 14.2. The van der Waals surface area contributed by atoms with Gasteiger partial charge in [-0.2, -0.15) is 0 Å². The highest BCUT2D eigenvalue weighted by molar-refractivity contribution is 5.97. The van der Waals surface area contributed by atoms with Gasteiger partial charge in [0.2, 0.25) is 5.91 Å². The fourth-order valence-electron chi connectivity index (χ4n) is 2.35. The standard InChI is InChI=1S/C20H23NO2/c1-16(15-18-7-5-4-6-8-18)20(22)21(2)14-13-17-9-11-19(23-3)12-10-17/h4-12,15H,13-14H2,1-3H3/b16-15+. The van der Waals surface area contributed by atoms with Crippen LogP contribution < -0.4 is 4.74 Å². The zero-order chi connectivity index (χ0) is 16.7. The first kappa shape index (κ1) is 16.8. The first-order valence-corrected chi connectivity index (χ1v) is 7.72. The van der Waals surface area contributed by atoms with Gasteiger partial charge in [0.1, 0.15) is 5.75 Å². The van der Waals surface area contributed by atoms with Crippen LogP contribution in [0.2, 0.25) is 0 Å². The molecule has 0 unspecified atom stereocenters. The molecule has 0 saturated carbocycles. The van der Waals surface area contributed by atoms with E-state index in [-0.39, 0.29) is 5.91 Å². The molecule has 3 nitrogen and oxygen atoms in total. The second-order valence-electron chi connectivity index (χ2n) is 5.56. The Morgan fingerprint density at radius 3 is 2.35 bits per heavy atom. The van der Waals surface area contributed by atoms with Gasteiger partial charge in [-0.25, -0.2) is 0 Å². The Morgan fingerprint density at radius 1 is 1.09 bits per heavy atom. The van der Waals surface area contributed by atoms with Crippen molar-refractivity contribution in [3.8, 4) is 5.75 Å². The van der Waals surface area contributed by atoms with Crippen LogP contribution in [0, 0.1) is 0 Å². The molecule has 0 radical (unpaired) electrons. The quantitative estimate of drug-likeness (QED) is 0.760. The van der Waals surface area contributed by atoms with Crippen molar-refractivity contribution in [3.63, 3.8) is 0 Å². The molecule has 0 bridgehead atoms. The highest BCUT2D eigenvalue weighted by Crippen LogP contribution is 2.13. The van der Waals surface area contributed by atoms with Crippen LogP contribution in [-0.4, -0.2) is 31.5 Å². The summed E-state index contributed by atoms with van der Waals surface area (Å²) in [7, 11) is 3.50. The van der Waals surface area contributed by atoms with E-state index in [1.165, 1.54) is 5.56 Å². The van der Waals surface area contributed by atoms with Crippen molar-refractivity contribution in [2.45, 2.75) is 13.3 Å². The van der Waals surface area contributed by atoms with Gasteiger partial charge in [-0.1, -0.05) is 42.5 Å². The maximum absolute atomic E-state index is 12.4. The van der Waals surface area contributed by atoms with E-state index >= 15 is 0 Å².